The van der Waals surface area contributed by atoms with E-state index in [1.807, 2.05) is 84.2 Å². The molecule has 1 atom stereocenters. The first kappa shape index (κ1) is 20.7. The van der Waals surface area contributed by atoms with Crippen LogP contribution in [0.2, 0.25) is 0 Å². The highest BCUT2D eigenvalue weighted by Gasteiger charge is 2.24. The fraction of sp³-hybridized carbons (Fsp3) is 0.0385. The van der Waals surface area contributed by atoms with Crippen LogP contribution in [0.15, 0.2) is 96.4 Å². The van der Waals surface area contributed by atoms with Gasteiger partial charge in [0.25, 0.3) is 11.8 Å². The van der Waals surface area contributed by atoms with E-state index >= 15 is 0 Å². The molecule has 2 heterocycles. The van der Waals surface area contributed by atoms with Crippen LogP contribution in [0.4, 0.5) is 5.69 Å². The zero-order valence-corrected chi connectivity index (χ0v) is 18.3. The number of hydrogen-bond donors (Lipinski definition) is 3. The van der Waals surface area contributed by atoms with E-state index in [-0.39, 0.29) is 11.8 Å². The Bertz CT molecular complexity index is 1360. The van der Waals surface area contributed by atoms with Crippen LogP contribution in [0.3, 0.4) is 0 Å². The van der Waals surface area contributed by atoms with Crippen molar-refractivity contribution in [3.8, 4) is 11.4 Å². The van der Waals surface area contributed by atoms with Crippen molar-refractivity contribution in [3.05, 3.63) is 107 Å². The first-order chi connectivity index (χ1) is 16.2. The summed E-state index contributed by atoms with van der Waals surface area (Å²) < 4.78 is 0. The van der Waals surface area contributed by atoms with Gasteiger partial charge in [-0.1, -0.05) is 48.5 Å². The lowest BCUT2D eigenvalue weighted by atomic mass is 10.1. The lowest BCUT2D eigenvalue weighted by Gasteiger charge is -2.18. The van der Waals surface area contributed by atoms with Crippen molar-refractivity contribution in [2.24, 2.45) is 0 Å². The highest BCUT2D eigenvalue weighted by Crippen LogP contribution is 2.23. The predicted molar refractivity (Wildman–Crippen MR) is 131 cm³/mol. The molecule has 1 unspecified atom stereocenters. The number of hydrogen-bond acceptors (Lipinski definition) is 4. The van der Waals surface area contributed by atoms with Crippen molar-refractivity contribution in [2.75, 3.05) is 5.32 Å². The highest BCUT2D eigenvalue weighted by atomic mass is 32.1. The Morgan fingerprint density at radius 2 is 1.61 bits per heavy atom. The Kier molecular flexibility index (Phi) is 5.70. The standard InChI is InChI=1S/C26H20N4O2S/c31-25(22-11-6-16-33-22)30-23(17-7-2-1-3-8-17)26(32)27-19-14-12-18(13-15-19)24-28-20-9-4-5-10-21(20)29-24/h1-16,23H,(H,27,32)(H,28,29)(H,30,31). The molecule has 0 aliphatic carbocycles. The molecular weight excluding hydrogens is 432 g/mol. The summed E-state index contributed by atoms with van der Waals surface area (Å²) in [6.07, 6.45) is 0. The van der Waals surface area contributed by atoms with Crippen LogP contribution < -0.4 is 10.6 Å². The molecule has 0 aliphatic rings. The Hall–Kier alpha value is -4.23. The second kappa shape index (κ2) is 9.10. The number of nitrogens with zero attached hydrogens (tertiary/aromatic N) is 1. The maximum atomic E-state index is 13.1. The van der Waals surface area contributed by atoms with E-state index in [2.05, 4.69) is 20.6 Å². The molecule has 5 aromatic rings. The monoisotopic (exact) mass is 452 g/mol. The molecule has 162 valence electrons. The van der Waals surface area contributed by atoms with Crippen LogP contribution in [-0.2, 0) is 4.79 Å². The van der Waals surface area contributed by atoms with Gasteiger partial charge in [-0.25, -0.2) is 4.98 Å². The minimum absolute atomic E-state index is 0.283. The largest absolute Gasteiger partial charge is 0.338 e. The first-order valence-corrected chi connectivity index (χ1v) is 11.3. The second-order valence-corrected chi connectivity index (χ2v) is 8.41. The molecule has 2 aromatic heterocycles. The fourth-order valence-electron chi connectivity index (χ4n) is 3.57. The molecule has 5 rings (SSSR count). The van der Waals surface area contributed by atoms with E-state index in [4.69, 9.17) is 0 Å². The molecule has 0 fully saturated rings. The number of nitrogens with one attached hydrogen (secondary N) is 3. The number of benzene rings is 3. The number of aromatic nitrogens is 2. The lowest BCUT2D eigenvalue weighted by Crippen LogP contribution is -2.36. The molecule has 3 N–H and O–H groups in total. The van der Waals surface area contributed by atoms with Gasteiger partial charge in [-0.05, 0) is 53.4 Å². The third kappa shape index (κ3) is 4.53. The van der Waals surface area contributed by atoms with Gasteiger partial charge >= 0.3 is 0 Å². The van der Waals surface area contributed by atoms with Crippen LogP contribution >= 0.6 is 11.3 Å². The van der Waals surface area contributed by atoms with Crippen molar-refractivity contribution in [1.29, 1.82) is 0 Å². The van der Waals surface area contributed by atoms with Crippen molar-refractivity contribution in [2.45, 2.75) is 6.04 Å². The number of carbonyl (C=O) groups excluding carboxylic acids is 2. The molecule has 0 saturated heterocycles. The third-order valence-electron chi connectivity index (χ3n) is 5.23. The highest BCUT2D eigenvalue weighted by molar-refractivity contribution is 7.12. The number of fused-ring (bicyclic) bond motifs is 1. The summed E-state index contributed by atoms with van der Waals surface area (Å²) >= 11 is 1.33. The molecule has 2 amide bonds. The lowest BCUT2D eigenvalue weighted by molar-refractivity contribution is -0.118. The van der Waals surface area contributed by atoms with Gasteiger partial charge in [-0.2, -0.15) is 0 Å². The Morgan fingerprint density at radius 1 is 0.848 bits per heavy atom. The number of amides is 2. The second-order valence-electron chi connectivity index (χ2n) is 7.46. The summed E-state index contributed by atoms with van der Waals surface area (Å²) in [5.74, 6) is 0.163. The molecular formula is C26H20N4O2S. The summed E-state index contributed by atoms with van der Waals surface area (Å²) in [4.78, 5) is 34.2. The maximum Gasteiger partial charge on any atom is 0.262 e. The average molecular weight is 453 g/mol. The SMILES string of the molecule is O=C(NC(C(=O)Nc1ccc(-c2nc3ccccc3[nH]2)cc1)c1ccccc1)c1cccs1. The van der Waals surface area contributed by atoms with E-state index in [9.17, 15) is 9.59 Å². The number of carbonyl (C=O) groups is 2. The normalized spacial score (nSPS) is 11.8. The van der Waals surface area contributed by atoms with Crippen molar-refractivity contribution < 1.29 is 9.59 Å². The molecule has 0 bridgehead atoms. The van der Waals surface area contributed by atoms with E-state index in [0.717, 1.165) is 22.4 Å². The molecule has 0 aliphatic heterocycles. The summed E-state index contributed by atoms with van der Waals surface area (Å²) in [6.45, 7) is 0. The predicted octanol–water partition coefficient (Wildman–Crippen LogP) is 5.40. The van der Waals surface area contributed by atoms with Gasteiger partial charge in [0.2, 0.25) is 0 Å². The van der Waals surface area contributed by atoms with Crippen molar-refractivity contribution >= 4 is 39.9 Å². The Balaban J connectivity index is 1.34. The number of anilines is 1. The van der Waals surface area contributed by atoms with E-state index < -0.39 is 6.04 Å². The first-order valence-electron chi connectivity index (χ1n) is 10.4. The number of H-pyrrole nitrogens is 1. The van der Waals surface area contributed by atoms with Gasteiger partial charge in [-0.15, -0.1) is 11.3 Å². The zero-order chi connectivity index (χ0) is 22.6. The molecule has 7 heteroatoms. The van der Waals surface area contributed by atoms with E-state index in [0.29, 0.717) is 16.1 Å². The molecule has 3 aromatic carbocycles. The molecule has 6 nitrogen and oxygen atoms in total. The molecule has 33 heavy (non-hydrogen) atoms. The van der Waals surface area contributed by atoms with E-state index in [1.54, 1.807) is 12.1 Å². The maximum absolute atomic E-state index is 13.1. The van der Waals surface area contributed by atoms with Crippen LogP contribution in [0.25, 0.3) is 22.4 Å². The van der Waals surface area contributed by atoms with Gasteiger partial charge in [-0.3, -0.25) is 9.59 Å². The van der Waals surface area contributed by atoms with Crippen molar-refractivity contribution in [3.63, 3.8) is 0 Å². The Morgan fingerprint density at radius 3 is 2.33 bits per heavy atom. The molecule has 0 spiro atoms. The number of thiophene rings is 1. The summed E-state index contributed by atoms with van der Waals surface area (Å²) in [5.41, 5.74) is 4.12. The number of aromatic amines is 1. The zero-order valence-electron chi connectivity index (χ0n) is 17.5. The quantitative estimate of drug-likeness (QED) is 0.322. The van der Waals surface area contributed by atoms with Gasteiger partial charge < -0.3 is 15.6 Å². The van der Waals surface area contributed by atoms with Gasteiger partial charge in [0.05, 0.1) is 15.9 Å². The van der Waals surface area contributed by atoms with Crippen LogP contribution in [0.1, 0.15) is 21.3 Å². The van der Waals surface area contributed by atoms with Crippen LogP contribution in [0, 0.1) is 0 Å². The van der Waals surface area contributed by atoms with E-state index in [1.165, 1.54) is 11.3 Å². The fourth-order valence-corrected chi connectivity index (χ4v) is 4.20. The topological polar surface area (TPSA) is 86.9 Å². The molecule has 0 radical (unpaired) electrons. The third-order valence-corrected chi connectivity index (χ3v) is 6.10. The van der Waals surface area contributed by atoms with Crippen LogP contribution in [-0.4, -0.2) is 21.8 Å². The number of para-hydroxylation sites is 2. The number of imidazole rings is 1. The summed E-state index contributed by atoms with van der Waals surface area (Å²) in [6, 6.07) is 27.2. The molecule has 0 saturated carbocycles. The van der Waals surface area contributed by atoms with Gasteiger partial charge in [0, 0.05) is 11.3 Å². The van der Waals surface area contributed by atoms with Crippen molar-refractivity contribution in [1.82, 2.24) is 15.3 Å². The Labute approximate surface area is 194 Å². The van der Waals surface area contributed by atoms with Crippen LogP contribution in [0.5, 0.6) is 0 Å². The minimum atomic E-state index is -0.823. The number of rotatable bonds is 6. The summed E-state index contributed by atoms with van der Waals surface area (Å²) in [5, 5.41) is 7.60. The summed E-state index contributed by atoms with van der Waals surface area (Å²) in [7, 11) is 0. The van der Waals surface area contributed by atoms with Gasteiger partial charge in [0.1, 0.15) is 11.9 Å². The average Bonchev–Trinajstić information content (AvgIpc) is 3.54. The van der Waals surface area contributed by atoms with Gasteiger partial charge in [0.15, 0.2) is 0 Å². The smallest absolute Gasteiger partial charge is 0.262 e. The minimum Gasteiger partial charge on any atom is -0.338 e.